The second-order valence-corrected chi connectivity index (χ2v) is 22.0. The van der Waals surface area contributed by atoms with Crippen LogP contribution in [0.4, 0.5) is 0 Å². The van der Waals surface area contributed by atoms with E-state index in [9.17, 15) is 0 Å². The normalized spacial score (nSPS) is 35.2. The van der Waals surface area contributed by atoms with Gasteiger partial charge in [-0.3, -0.25) is 0 Å². The lowest BCUT2D eigenvalue weighted by atomic mass is 10.1. The fourth-order valence-corrected chi connectivity index (χ4v) is 9.15. The molecule has 0 N–H and O–H groups in total. The molecule has 0 aliphatic carbocycles. The Morgan fingerprint density at radius 1 is 1.28 bits per heavy atom. The van der Waals surface area contributed by atoms with Crippen LogP contribution in [0.3, 0.4) is 0 Å². The Morgan fingerprint density at radius 3 is 2.44 bits per heavy atom. The van der Waals surface area contributed by atoms with E-state index in [-0.39, 0.29) is 6.10 Å². The molecule has 2 fully saturated rings. The van der Waals surface area contributed by atoms with Gasteiger partial charge in [0.25, 0.3) is 0 Å². The minimum Gasteiger partial charge on any atom is -0.415 e. The number of epoxide rings is 1. The molecule has 0 radical (unpaired) electrons. The van der Waals surface area contributed by atoms with Gasteiger partial charge in [0.2, 0.25) is 0 Å². The van der Waals surface area contributed by atoms with E-state index in [4.69, 9.17) is 13.9 Å². The van der Waals surface area contributed by atoms with Gasteiger partial charge < -0.3 is 13.9 Å². The van der Waals surface area contributed by atoms with Gasteiger partial charge in [0.05, 0.1) is 33.0 Å². The maximum atomic E-state index is 6.53. The quantitative estimate of drug-likeness (QED) is 0.576. The molecule has 2 heterocycles. The van der Waals surface area contributed by atoms with E-state index in [2.05, 4.69) is 33.1 Å². The molecule has 3 atom stereocenters. The first-order chi connectivity index (χ1) is 8.36. The number of hydrogen-bond acceptors (Lipinski definition) is 3. The molecule has 3 nitrogen and oxygen atoms in total. The zero-order valence-electron chi connectivity index (χ0n) is 12.5. The van der Waals surface area contributed by atoms with E-state index in [1.165, 1.54) is 12.5 Å². The fourth-order valence-electron chi connectivity index (χ4n) is 2.55. The molecule has 0 spiro atoms. The van der Waals surface area contributed by atoms with Crippen LogP contribution in [0.15, 0.2) is 0 Å². The third-order valence-corrected chi connectivity index (χ3v) is 21.4. The van der Waals surface area contributed by atoms with Crippen LogP contribution in [0.5, 0.6) is 0 Å². The minimum absolute atomic E-state index is 0.270. The van der Waals surface area contributed by atoms with Gasteiger partial charge in [0.15, 0.2) is 7.83 Å². The lowest BCUT2D eigenvalue weighted by Gasteiger charge is -2.47. The van der Waals surface area contributed by atoms with Gasteiger partial charge in [-0.1, -0.05) is 26.1 Å². The Hall–Kier alpha value is 0.314. The van der Waals surface area contributed by atoms with Gasteiger partial charge in [0, 0.05) is 0 Å². The lowest BCUT2D eigenvalue weighted by molar-refractivity contribution is -0.0378. The van der Waals surface area contributed by atoms with E-state index < -0.39 is 15.4 Å². The van der Waals surface area contributed by atoms with Crippen molar-refractivity contribution in [1.29, 1.82) is 0 Å². The summed E-state index contributed by atoms with van der Waals surface area (Å²) in [5.41, 5.74) is 0. The Balaban J connectivity index is 1.91. The number of hydrogen-bond donors (Lipinski definition) is 0. The van der Waals surface area contributed by atoms with Gasteiger partial charge in [-0.05, 0) is 25.9 Å². The average molecular weight is 289 g/mol. The smallest absolute Gasteiger partial charge is 0.174 e. The van der Waals surface area contributed by atoms with Crippen LogP contribution in [-0.4, -0.2) is 47.0 Å². The molecule has 3 unspecified atom stereocenters. The van der Waals surface area contributed by atoms with Crippen LogP contribution in [0.25, 0.3) is 0 Å². The SMILES string of the molecule is CCC(OCC1CO1)C1CC[Si](C)(C)[Si](C)(C)O1. The first-order valence-corrected chi connectivity index (χ1v) is 14.4. The van der Waals surface area contributed by atoms with Crippen molar-refractivity contribution in [3.05, 3.63) is 0 Å². The molecule has 0 amide bonds. The van der Waals surface area contributed by atoms with E-state index in [0.29, 0.717) is 12.2 Å². The maximum Gasteiger partial charge on any atom is 0.174 e. The summed E-state index contributed by atoms with van der Waals surface area (Å²) in [6.45, 7) is 13.6. The molecule has 0 bridgehead atoms. The second kappa shape index (κ2) is 5.36. The van der Waals surface area contributed by atoms with Crippen LogP contribution in [0, 0.1) is 0 Å². The Labute approximate surface area is 113 Å². The van der Waals surface area contributed by atoms with Crippen LogP contribution in [-0.2, 0) is 13.9 Å². The average Bonchev–Trinajstić information content (AvgIpc) is 3.08. The highest BCUT2D eigenvalue weighted by atomic mass is 29.3. The summed E-state index contributed by atoms with van der Waals surface area (Å²) < 4.78 is 17.7. The number of ether oxygens (including phenoxy) is 2. The van der Waals surface area contributed by atoms with Crippen molar-refractivity contribution in [2.24, 2.45) is 0 Å². The standard InChI is InChI=1S/C13H28O3Si2/c1-6-12(15-10-11-9-14-11)13-7-8-17(2,3)18(4,5)16-13/h11-13H,6-10H2,1-5H3. The van der Waals surface area contributed by atoms with Crippen molar-refractivity contribution in [3.8, 4) is 0 Å². The molecule has 2 aliphatic rings. The fraction of sp³-hybridized carbons (Fsp3) is 1.00. The molecule has 0 aromatic heterocycles. The predicted octanol–water partition coefficient (Wildman–Crippen LogP) is 2.96. The maximum absolute atomic E-state index is 6.53. The summed E-state index contributed by atoms with van der Waals surface area (Å²) in [5.74, 6) is 0. The number of rotatable bonds is 5. The topological polar surface area (TPSA) is 31.0 Å². The highest BCUT2D eigenvalue weighted by Crippen LogP contribution is 2.35. The molecular weight excluding hydrogens is 260 g/mol. The lowest BCUT2D eigenvalue weighted by Crippen LogP contribution is -2.63. The first-order valence-electron chi connectivity index (χ1n) is 7.27. The summed E-state index contributed by atoms with van der Waals surface area (Å²) in [5, 5.41) is 0. The van der Waals surface area contributed by atoms with E-state index in [1.807, 2.05) is 0 Å². The largest absolute Gasteiger partial charge is 0.415 e. The van der Waals surface area contributed by atoms with Crippen molar-refractivity contribution < 1.29 is 13.9 Å². The van der Waals surface area contributed by atoms with Crippen molar-refractivity contribution in [2.75, 3.05) is 13.2 Å². The third-order valence-electron chi connectivity index (χ3n) is 4.85. The highest BCUT2D eigenvalue weighted by molar-refractivity contribution is 7.38. The van der Waals surface area contributed by atoms with Crippen LogP contribution < -0.4 is 0 Å². The summed E-state index contributed by atoms with van der Waals surface area (Å²) in [6, 6.07) is 1.40. The molecular formula is C13H28O3Si2. The second-order valence-electron chi connectivity index (χ2n) is 6.82. The molecule has 5 heteroatoms. The molecule has 0 aromatic rings. The van der Waals surface area contributed by atoms with E-state index >= 15 is 0 Å². The van der Waals surface area contributed by atoms with Crippen molar-refractivity contribution >= 4 is 15.4 Å². The minimum atomic E-state index is -1.47. The molecule has 2 rings (SSSR count). The van der Waals surface area contributed by atoms with Gasteiger partial charge in [-0.25, -0.2) is 0 Å². The predicted molar refractivity (Wildman–Crippen MR) is 79.0 cm³/mol. The Kier molecular flexibility index (Phi) is 4.38. The summed E-state index contributed by atoms with van der Waals surface area (Å²) in [7, 11) is -2.59. The zero-order valence-corrected chi connectivity index (χ0v) is 14.5. The highest BCUT2D eigenvalue weighted by Gasteiger charge is 2.49. The Bertz CT molecular complexity index is 290. The van der Waals surface area contributed by atoms with Gasteiger partial charge >= 0.3 is 0 Å². The van der Waals surface area contributed by atoms with Gasteiger partial charge in [-0.15, -0.1) is 0 Å². The molecule has 106 valence electrons. The summed E-state index contributed by atoms with van der Waals surface area (Å²) >= 11 is 0. The molecule has 2 saturated heterocycles. The summed E-state index contributed by atoms with van der Waals surface area (Å²) in [4.78, 5) is 0. The van der Waals surface area contributed by atoms with Crippen molar-refractivity contribution in [1.82, 2.24) is 0 Å². The Morgan fingerprint density at radius 2 is 1.94 bits per heavy atom. The van der Waals surface area contributed by atoms with Crippen LogP contribution in [0.2, 0.25) is 32.2 Å². The molecule has 0 aromatic carbocycles. The third kappa shape index (κ3) is 3.25. The molecule has 2 aliphatic heterocycles. The van der Waals surface area contributed by atoms with E-state index in [1.54, 1.807) is 0 Å². The van der Waals surface area contributed by atoms with Gasteiger partial charge in [-0.2, -0.15) is 0 Å². The zero-order chi connectivity index (χ0) is 13.4. The van der Waals surface area contributed by atoms with Crippen molar-refractivity contribution in [2.45, 2.75) is 70.3 Å². The van der Waals surface area contributed by atoms with Crippen molar-refractivity contribution in [3.63, 3.8) is 0 Å². The van der Waals surface area contributed by atoms with Gasteiger partial charge in [0.1, 0.15) is 6.10 Å². The monoisotopic (exact) mass is 288 g/mol. The molecule has 0 saturated carbocycles. The van der Waals surface area contributed by atoms with E-state index in [0.717, 1.165) is 19.6 Å². The first kappa shape index (κ1) is 14.7. The van der Waals surface area contributed by atoms with Crippen LogP contribution >= 0.6 is 0 Å². The molecule has 18 heavy (non-hydrogen) atoms. The van der Waals surface area contributed by atoms with Crippen LogP contribution in [0.1, 0.15) is 19.8 Å². The summed E-state index contributed by atoms with van der Waals surface area (Å²) in [6.07, 6.45) is 3.20.